The predicted octanol–water partition coefficient (Wildman–Crippen LogP) is 6.02. The number of aliphatic carboxylic acids is 1. The van der Waals surface area contributed by atoms with E-state index in [0.29, 0.717) is 43.0 Å². The minimum Gasteiger partial charge on any atom is -0.481 e. The van der Waals surface area contributed by atoms with Crippen LogP contribution in [-0.4, -0.2) is 31.1 Å². The SMILES string of the molecule is CC[C@](O)(c1ncc(-c2cc(C)cc(Nc3cc(C4CC4)ccn3)n2)s1)C1CCC(C(=O)O)CC1. The van der Waals surface area contributed by atoms with Crippen LogP contribution in [-0.2, 0) is 10.4 Å². The minimum absolute atomic E-state index is 0.00890. The van der Waals surface area contributed by atoms with Gasteiger partial charge >= 0.3 is 5.97 Å². The van der Waals surface area contributed by atoms with Crippen LogP contribution in [0.2, 0.25) is 0 Å². The zero-order chi connectivity index (χ0) is 24.6. The highest BCUT2D eigenvalue weighted by Crippen LogP contribution is 2.45. The highest BCUT2D eigenvalue weighted by atomic mass is 32.1. The van der Waals surface area contributed by atoms with Crippen molar-refractivity contribution in [3.8, 4) is 10.6 Å². The number of nitrogens with one attached hydrogen (secondary N) is 1. The molecule has 0 aliphatic heterocycles. The molecule has 2 aliphatic carbocycles. The quantitative estimate of drug-likeness (QED) is 0.353. The maximum Gasteiger partial charge on any atom is 0.306 e. The number of aromatic nitrogens is 3. The molecule has 8 heteroatoms. The Hall–Kier alpha value is -2.84. The van der Waals surface area contributed by atoms with Crippen LogP contribution in [0.3, 0.4) is 0 Å². The van der Waals surface area contributed by atoms with Crippen LogP contribution in [0, 0.1) is 18.8 Å². The molecule has 0 aromatic carbocycles. The van der Waals surface area contributed by atoms with Gasteiger partial charge < -0.3 is 15.5 Å². The van der Waals surface area contributed by atoms with E-state index in [-0.39, 0.29) is 11.8 Å². The third-order valence-corrected chi connectivity index (χ3v) is 8.66. The standard InChI is InChI=1S/C27H32N4O3S/c1-3-27(34,20-8-6-18(7-9-20)25(32)33)26-29-15-22(35-26)21-12-16(2)13-24(30-21)31-23-14-19(10-11-28-23)17-4-5-17/h10-15,17-18,20,34H,3-9H2,1-2H3,(H,32,33)(H,28,30,31)/t18?,20?,27-/m1/s1. The molecular weight excluding hydrogens is 460 g/mol. The summed E-state index contributed by atoms with van der Waals surface area (Å²) in [5.41, 5.74) is 2.15. The number of anilines is 2. The third kappa shape index (κ3) is 5.09. The Kier molecular flexibility index (Phi) is 6.59. The summed E-state index contributed by atoms with van der Waals surface area (Å²) in [5, 5.41) is 25.0. The molecule has 2 fully saturated rings. The van der Waals surface area contributed by atoms with E-state index in [9.17, 15) is 15.0 Å². The van der Waals surface area contributed by atoms with Crippen molar-refractivity contribution in [3.05, 3.63) is 52.8 Å². The molecule has 0 spiro atoms. The molecule has 3 aromatic rings. The van der Waals surface area contributed by atoms with E-state index in [1.165, 1.54) is 29.7 Å². The highest BCUT2D eigenvalue weighted by molar-refractivity contribution is 7.15. The zero-order valence-corrected chi connectivity index (χ0v) is 21.0. The number of hydrogen-bond acceptors (Lipinski definition) is 7. The summed E-state index contributed by atoms with van der Waals surface area (Å²) in [4.78, 5) is 26.2. The maximum atomic E-state index is 11.6. The molecule has 0 saturated heterocycles. The second-order valence-corrected chi connectivity index (χ2v) is 11.0. The Morgan fingerprint density at radius 2 is 1.89 bits per heavy atom. The summed E-state index contributed by atoms with van der Waals surface area (Å²) >= 11 is 1.47. The molecule has 0 unspecified atom stereocenters. The van der Waals surface area contributed by atoms with Crippen LogP contribution >= 0.6 is 11.3 Å². The van der Waals surface area contributed by atoms with Gasteiger partial charge in [-0.05, 0) is 99.1 Å². The number of carboxylic acids is 1. The monoisotopic (exact) mass is 492 g/mol. The van der Waals surface area contributed by atoms with E-state index in [1.54, 1.807) is 6.20 Å². The summed E-state index contributed by atoms with van der Waals surface area (Å²) < 4.78 is 0. The van der Waals surface area contributed by atoms with Gasteiger partial charge in [-0.25, -0.2) is 15.0 Å². The van der Waals surface area contributed by atoms with Crippen molar-refractivity contribution in [2.45, 2.75) is 70.3 Å². The summed E-state index contributed by atoms with van der Waals surface area (Å²) in [5.74, 6) is 1.15. The van der Waals surface area contributed by atoms with E-state index < -0.39 is 11.6 Å². The molecule has 1 atom stereocenters. The highest BCUT2D eigenvalue weighted by Gasteiger charge is 2.42. The lowest BCUT2D eigenvalue weighted by atomic mass is 9.72. The number of nitrogens with zero attached hydrogens (tertiary/aromatic N) is 3. The van der Waals surface area contributed by atoms with Gasteiger partial charge in [0.2, 0.25) is 0 Å². The number of carboxylic acid groups (broad SMARTS) is 1. The number of thiazole rings is 1. The largest absolute Gasteiger partial charge is 0.481 e. The molecule has 184 valence electrons. The average Bonchev–Trinajstić information content (AvgIpc) is 3.59. The average molecular weight is 493 g/mol. The van der Waals surface area contributed by atoms with Crippen LogP contribution in [0.4, 0.5) is 11.6 Å². The lowest BCUT2D eigenvalue weighted by Gasteiger charge is -2.37. The van der Waals surface area contributed by atoms with Crippen LogP contribution in [0.15, 0.2) is 36.7 Å². The number of aryl methyl sites for hydroxylation is 1. The second kappa shape index (κ2) is 9.66. The van der Waals surface area contributed by atoms with E-state index in [1.807, 2.05) is 32.2 Å². The molecule has 7 nitrogen and oxygen atoms in total. The molecule has 5 rings (SSSR count). The van der Waals surface area contributed by atoms with Gasteiger partial charge in [-0.3, -0.25) is 4.79 Å². The Bertz CT molecular complexity index is 1220. The number of pyridine rings is 2. The van der Waals surface area contributed by atoms with E-state index in [4.69, 9.17) is 4.98 Å². The topological polar surface area (TPSA) is 108 Å². The molecule has 3 heterocycles. The van der Waals surface area contributed by atoms with Gasteiger partial charge in [0.1, 0.15) is 22.2 Å². The maximum absolute atomic E-state index is 11.6. The van der Waals surface area contributed by atoms with Gasteiger partial charge in [0.25, 0.3) is 0 Å². The van der Waals surface area contributed by atoms with Gasteiger partial charge in [0.05, 0.1) is 16.5 Å². The van der Waals surface area contributed by atoms with Gasteiger partial charge in [0, 0.05) is 12.4 Å². The molecule has 3 N–H and O–H groups in total. The molecular formula is C27H32N4O3S. The second-order valence-electron chi connectivity index (χ2n) is 9.98. The first-order valence-corrected chi connectivity index (χ1v) is 13.3. The summed E-state index contributed by atoms with van der Waals surface area (Å²) in [7, 11) is 0. The number of aliphatic hydroxyl groups is 1. The van der Waals surface area contributed by atoms with Crippen LogP contribution in [0.25, 0.3) is 10.6 Å². The van der Waals surface area contributed by atoms with Crippen LogP contribution < -0.4 is 5.32 Å². The third-order valence-electron chi connectivity index (χ3n) is 7.48. The van der Waals surface area contributed by atoms with Crippen molar-refractivity contribution in [2.24, 2.45) is 11.8 Å². The number of rotatable bonds is 8. The first-order chi connectivity index (χ1) is 16.9. The van der Waals surface area contributed by atoms with E-state index in [2.05, 4.69) is 27.4 Å². The Morgan fingerprint density at radius 3 is 2.57 bits per heavy atom. The first-order valence-electron chi connectivity index (χ1n) is 12.5. The van der Waals surface area contributed by atoms with E-state index >= 15 is 0 Å². The fourth-order valence-corrected chi connectivity index (χ4v) is 6.32. The van der Waals surface area contributed by atoms with Gasteiger partial charge in [-0.15, -0.1) is 11.3 Å². The summed E-state index contributed by atoms with van der Waals surface area (Å²) in [6.45, 7) is 4.01. The van der Waals surface area contributed by atoms with Crippen molar-refractivity contribution in [1.82, 2.24) is 15.0 Å². The van der Waals surface area contributed by atoms with Gasteiger partial charge in [-0.2, -0.15) is 0 Å². The first kappa shape index (κ1) is 23.9. The van der Waals surface area contributed by atoms with Crippen molar-refractivity contribution in [1.29, 1.82) is 0 Å². The van der Waals surface area contributed by atoms with Gasteiger partial charge in [0.15, 0.2) is 0 Å². The lowest BCUT2D eigenvalue weighted by molar-refractivity contribution is -0.144. The zero-order valence-electron chi connectivity index (χ0n) is 20.2. The van der Waals surface area contributed by atoms with E-state index in [0.717, 1.165) is 27.8 Å². The predicted molar refractivity (Wildman–Crippen MR) is 137 cm³/mol. The fourth-order valence-electron chi connectivity index (χ4n) is 5.20. The number of carbonyl (C=O) groups is 1. The lowest BCUT2D eigenvalue weighted by Crippen LogP contribution is -2.37. The minimum atomic E-state index is -1.05. The molecule has 0 radical (unpaired) electrons. The van der Waals surface area contributed by atoms with Crippen molar-refractivity contribution < 1.29 is 15.0 Å². The van der Waals surface area contributed by atoms with Crippen molar-refractivity contribution in [2.75, 3.05) is 5.32 Å². The normalized spacial score (nSPS) is 21.9. The Balaban J connectivity index is 1.36. The van der Waals surface area contributed by atoms with Crippen molar-refractivity contribution >= 4 is 28.9 Å². The Morgan fingerprint density at radius 1 is 1.11 bits per heavy atom. The molecule has 3 aromatic heterocycles. The fraction of sp³-hybridized carbons (Fsp3) is 0.481. The van der Waals surface area contributed by atoms with Crippen LogP contribution in [0.1, 0.15) is 73.9 Å². The Labute approximate surface area is 209 Å². The smallest absolute Gasteiger partial charge is 0.306 e. The molecule has 2 aliphatic rings. The van der Waals surface area contributed by atoms with Crippen molar-refractivity contribution in [3.63, 3.8) is 0 Å². The molecule has 35 heavy (non-hydrogen) atoms. The molecule has 0 bridgehead atoms. The summed E-state index contributed by atoms with van der Waals surface area (Å²) in [6.07, 6.45) is 9.26. The molecule has 0 amide bonds. The molecule has 2 saturated carbocycles. The van der Waals surface area contributed by atoms with Crippen LogP contribution in [0.5, 0.6) is 0 Å². The van der Waals surface area contributed by atoms with Gasteiger partial charge in [-0.1, -0.05) is 6.92 Å². The number of hydrogen-bond donors (Lipinski definition) is 3. The summed E-state index contributed by atoms with van der Waals surface area (Å²) in [6, 6.07) is 8.21.